The first-order chi connectivity index (χ1) is 13.2. The molecule has 4 nitrogen and oxygen atoms in total. The van der Waals surface area contributed by atoms with Gasteiger partial charge in [0.15, 0.2) is 0 Å². The molecule has 1 aromatic carbocycles. The molecule has 0 unspecified atom stereocenters. The highest BCUT2D eigenvalue weighted by atomic mass is 16.5. The minimum Gasteiger partial charge on any atom is -0.489 e. The Morgan fingerprint density at radius 1 is 1.00 bits per heavy atom. The lowest BCUT2D eigenvalue weighted by Gasteiger charge is -2.23. The summed E-state index contributed by atoms with van der Waals surface area (Å²) in [5.74, 6) is 0.579. The van der Waals surface area contributed by atoms with E-state index in [9.17, 15) is 4.79 Å². The van der Waals surface area contributed by atoms with Gasteiger partial charge in [-0.05, 0) is 60.6 Å². The van der Waals surface area contributed by atoms with Crippen LogP contribution in [0.15, 0.2) is 82.3 Å². The van der Waals surface area contributed by atoms with Crippen molar-refractivity contribution in [1.29, 1.82) is 5.26 Å². The Kier molecular flexibility index (Phi) is 4.76. The zero-order chi connectivity index (χ0) is 18.6. The van der Waals surface area contributed by atoms with Crippen LogP contribution in [0.1, 0.15) is 31.2 Å². The number of pyridine rings is 1. The van der Waals surface area contributed by atoms with Crippen LogP contribution >= 0.6 is 0 Å². The van der Waals surface area contributed by atoms with E-state index >= 15 is 0 Å². The number of hydrogen-bond acceptors (Lipinski definition) is 3. The van der Waals surface area contributed by atoms with Gasteiger partial charge in [-0.1, -0.05) is 30.3 Å². The fourth-order valence-electron chi connectivity index (χ4n) is 3.55. The first kappa shape index (κ1) is 17.1. The molecule has 4 rings (SSSR count). The quantitative estimate of drug-likeness (QED) is 0.804. The van der Waals surface area contributed by atoms with Gasteiger partial charge in [0.05, 0.1) is 6.07 Å². The van der Waals surface area contributed by atoms with Gasteiger partial charge in [0, 0.05) is 23.5 Å². The summed E-state index contributed by atoms with van der Waals surface area (Å²) < 4.78 is 7.44. The maximum Gasteiger partial charge on any atom is 0.258 e. The number of rotatable bonds is 4. The monoisotopic (exact) mass is 356 g/mol. The van der Waals surface area contributed by atoms with Crippen LogP contribution in [-0.4, -0.2) is 4.57 Å². The predicted molar refractivity (Wildman–Crippen MR) is 105 cm³/mol. The van der Waals surface area contributed by atoms with Gasteiger partial charge < -0.3 is 4.74 Å². The number of ether oxygens (including phenoxy) is 1. The van der Waals surface area contributed by atoms with E-state index < -0.39 is 0 Å². The van der Waals surface area contributed by atoms with Crippen LogP contribution in [0.3, 0.4) is 0 Å². The molecule has 0 bridgehead atoms. The first-order valence-electron chi connectivity index (χ1n) is 9.16. The lowest BCUT2D eigenvalue weighted by molar-refractivity contribution is 0.305. The summed E-state index contributed by atoms with van der Waals surface area (Å²) in [6, 6.07) is 15.5. The van der Waals surface area contributed by atoms with Gasteiger partial charge in [-0.15, -0.1) is 0 Å². The molecular formula is C23H20N2O2. The summed E-state index contributed by atoms with van der Waals surface area (Å²) >= 11 is 0. The molecule has 2 aliphatic rings. The highest BCUT2D eigenvalue weighted by molar-refractivity contribution is 5.59. The molecule has 4 heteroatoms. The third kappa shape index (κ3) is 3.78. The van der Waals surface area contributed by atoms with Gasteiger partial charge in [0.25, 0.3) is 5.56 Å². The Bertz CT molecular complexity index is 1050. The zero-order valence-corrected chi connectivity index (χ0v) is 15.0. The van der Waals surface area contributed by atoms with Crippen LogP contribution < -0.4 is 10.3 Å². The van der Waals surface area contributed by atoms with Crippen molar-refractivity contribution in [2.24, 2.45) is 0 Å². The summed E-state index contributed by atoms with van der Waals surface area (Å²) in [4.78, 5) is 12.6. The average Bonchev–Trinajstić information content (AvgIpc) is 2.72. The topological polar surface area (TPSA) is 55.0 Å². The summed E-state index contributed by atoms with van der Waals surface area (Å²) in [7, 11) is 0. The Morgan fingerprint density at radius 3 is 2.56 bits per heavy atom. The van der Waals surface area contributed by atoms with Crippen molar-refractivity contribution in [1.82, 2.24) is 4.57 Å². The van der Waals surface area contributed by atoms with E-state index in [0.717, 1.165) is 42.5 Å². The molecule has 0 saturated carbocycles. The number of nitrogens with zero attached hydrogens (tertiary/aromatic N) is 2. The Labute approximate surface area is 158 Å². The van der Waals surface area contributed by atoms with Gasteiger partial charge in [0.1, 0.15) is 12.4 Å². The molecule has 1 aromatic heterocycles. The predicted octanol–water partition coefficient (Wildman–Crippen LogP) is 4.60. The van der Waals surface area contributed by atoms with E-state index in [4.69, 9.17) is 10.00 Å². The molecule has 0 N–H and O–H groups in total. The van der Waals surface area contributed by atoms with Crippen molar-refractivity contribution in [3.8, 4) is 11.8 Å². The molecule has 134 valence electrons. The van der Waals surface area contributed by atoms with Gasteiger partial charge >= 0.3 is 0 Å². The average molecular weight is 356 g/mol. The summed E-state index contributed by atoms with van der Waals surface area (Å²) in [5.41, 5.74) is 5.31. The molecular weight excluding hydrogens is 336 g/mol. The summed E-state index contributed by atoms with van der Waals surface area (Å²) in [6.07, 6.45) is 9.21. The molecule has 0 radical (unpaired) electrons. The fourth-order valence-corrected chi connectivity index (χ4v) is 3.55. The van der Waals surface area contributed by atoms with Gasteiger partial charge in [-0.25, -0.2) is 0 Å². The van der Waals surface area contributed by atoms with Crippen molar-refractivity contribution in [3.05, 3.63) is 93.5 Å². The molecule has 0 saturated heterocycles. The van der Waals surface area contributed by atoms with E-state index in [1.165, 1.54) is 11.1 Å². The standard InChI is InChI=1S/C23H20N2O2/c24-15-18-6-7-20-13-21(9-8-19(20)12-18)25-11-10-22(14-23(25)26)27-16-17-4-2-1-3-5-17/h1-5,10-14H,6-9,16H2. The van der Waals surface area contributed by atoms with Gasteiger partial charge in [-0.3, -0.25) is 9.36 Å². The van der Waals surface area contributed by atoms with Crippen LogP contribution in [0.2, 0.25) is 0 Å². The van der Waals surface area contributed by atoms with Crippen molar-refractivity contribution in [2.75, 3.05) is 0 Å². The molecule has 27 heavy (non-hydrogen) atoms. The molecule has 0 fully saturated rings. The highest BCUT2D eigenvalue weighted by Gasteiger charge is 2.18. The van der Waals surface area contributed by atoms with Crippen LogP contribution in [0.4, 0.5) is 0 Å². The number of benzene rings is 1. The van der Waals surface area contributed by atoms with E-state index in [-0.39, 0.29) is 5.56 Å². The molecule has 1 heterocycles. The van der Waals surface area contributed by atoms with Crippen molar-refractivity contribution >= 4 is 5.70 Å². The lowest BCUT2D eigenvalue weighted by atomic mass is 9.86. The lowest BCUT2D eigenvalue weighted by Crippen LogP contribution is -2.19. The smallest absolute Gasteiger partial charge is 0.258 e. The minimum atomic E-state index is -0.0834. The molecule has 2 aliphatic carbocycles. The maximum atomic E-state index is 12.6. The van der Waals surface area contributed by atoms with Crippen LogP contribution in [0.5, 0.6) is 5.75 Å². The third-order valence-electron chi connectivity index (χ3n) is 5.01. The highest BCUT2D eigenvalue weighted by Crippen LogP contribution is 2.34. The van der Waals surface area contributed by atoms with Crippen LogP contribution in [0, 0.1) is 11.3 Å². The first-order valence-corrected chi connectivity index (χ1v) is 9.16. The van der Waals surface area contributed by atoms with Gasteiger partial charge in [0.2, 0.25) is 0 Å². The molecule has 0 spiro atoms. The number of aromatic nitrogens is 1. The number of hydrogen-bond donors (Lipinski definition) is 0. The van der Waals surface area contributed by atoms with E-state index in [0.29, 0.717) is 12.4 Å². The fraction of sp³-hybridized carbons (Fsp3) is 0.217. The van der Waals surface area contributed by atoms with Crippen molar-refractivity contribution in [3.63, 3.8) is 0 Å². The number of nitriles is 1. The molecule has 0 amide bonds. The molecule has 0 atom stereocenters. The van der Waals surface area contributed by atoms with Crippen LogP contribution in [0.25, 0.3) is 5.70 Å². The van der Waals surface area contributed by atoms with Gasteiger partial charge in [-0.2, -0.15) is 5.26 Å². The summed E-state index contributed by atoms with van der Waals surface area (Å²) in [6.45, 7) is 0.441. The molecule has 2 aromatic rings. The van der Waals surface area contributed by atoms with Crippen molar-refractivity contribution in [2.45, 2.75) is 32.3 Å². The second kappa shape index (κ2) is 7.51. The summed E-state index contributed by atoms with van der Waals surface area (Å²) in [5, 5.41) is 9.08. The van der Waals surface area contributed by atoms with E-state index in [1.54, 1.807) is 16.8 Å². The second-order valence-corrected chi connectivity index (χ2v) is 6.81. The Hall–Kier alpha value is -3.32. The molecule has 0 aliphatic heterocycles. The largest absolute Gasteiger partial charge is 0.489 e. The normalized spacial score (nSPS) is 16.1. The van der Waals surface area contributed by atoms with Crippen LogP contribution in [-0.2, 0) is 6.61 Å². The zero-order valence-electron chi connectivity index (χ0n) is 15.0. The third-order valence-corrected chi connectivity index (χ3v) is 5.01. The second-order valence-electron chi connectivity index (χ2n) is 6.81. The Balaban J connectivity index is 1.53. The Morgan fingerprint density at radius 2 is 1.78 bits per heavy atom. The number of allylic oxidation sites excluding steroid dienone is 6. The van der Waals surface area contributed by atoms with E-state index in [2.05, 4.69) is 12.1 Å². The van der Waals surface area contributed by atoms with Crippen molar-refractivity contribution < 1.29 is 4.74 Å². The van der Waals surface area contributed by atoms with E-state index in [1.807, 2.05) is 42.5 Å². The SMILES string of the molecule is N#CC1=CC2=C(C=C(n3ccc(OCc4ccccc4)cc3=O)CC2)CC1. The maximum absolute atomic E-state index is 12.6. The minimum absolute atomic E-state index is 0.0834.